The third-order valence-corrected chi connectivity index (χ3v) is 4.61. The summed E-state index contributed by atoms with van der Waals surface area (Å²) < 4.78 is 0. The van der Waals surface area contributed by atoms with Crippen molar-refractivity contribution in [3.05, 3.63) is 28.8 Å². The second kappa shape index (κ2) is 5.15. The van der Waals surface area contributed by atoms with Crippen molar-refractivity contribution in [1.29, 1.82) is 0 Å². The molecule has 2 aliphatic rings. The maximum Gasteiger partial charge on any atom is 0.337 e. The van der Waals surface area contributed by atoms with Gasteiger partial charge in [-0.3, -0.25) is 14.5 Å². The van der Waals surface area contributed by atoms with Crippen LogP contribution in [0.1, 0.15) is 36.0 Å². The number of carboxylic acid groups (broad SMARTS) is 1. The molecule has 1 aromatic carbocycles. The largest absolute Gasteiger partial charge is 0.478 e. The van der Waals surface area contributed by atoms with Crippen LogP contribution < -0.4 is 4.90 Å². The Balaban J connectivity index is 2.00. The van der Waals surface area contributed by atoms with Crippen molar-refractivity contribution in [3.8, 4) is 0 Å². The molecule has 1 N–H and O–H groups in total. The summed E-state index contributed by atoms with van der Waals surface area (Å²) in [6.07, 6.45) is 3.36. The predicted octanol–water partition coefficient (Wildman–Crippen LogP) is 2.72. The molecule has 6 heteroatoms. The first-order valence-corrected chi connectivity index (χ1v) is 7.29. The van der Waals surface area contributed by atoms with E-state index in [4.69, 9.17) is 16.7 Å². The number of carbonyl (C=O) groups is 3. The topological polar surface area (TPSA) is 74.7 Å². The number of carbonyl (C=O) groups excluding carboxylic acids is 2. The van der Waals surface area contributed by atoms with E-state index in [9.17, 15) is 14.4 Å². The van der Waals surface area contributed by atoms with Crippen LogP contribution in [-0.4, -0.2) is 22.9 Å². The zero-order valence-electron chi connectivity index (χ0n) is 11.2. The molecule has 2 atom stereocenters. The first-order chi connectivity index (χ1) is 10.0. The third kappa shape index (κ3) is 2.21. The Bertz CT molecular complexity index is 619. The second-order valence-electron chi connectivity index (χ2n) is 5.48. The van der Waals surface area contributed by atoms with E-state index in [1.54, 1.807) is 0 Å². The van der Waals surface area contributed by atoms with Gasteiger partial charge in [0.2, 0.25) is 11.8 Å². The third-order valence-electron chi connectivity index (χ3n) is 4.28. The molecule has 0 radical (unpaired) electrons. The fourth-order valence-electron chi connectivity index (χ4n) is 3.23. The predicted molar refractivity (Wildman–Crippen MR) is 76.4 cm³/mol. The van der Waals surface area contributed by atoms with E-state index < -0.39 is 5.97 Å². The Morgan fingerprint density at radius 1 is 1.14 bits per heavy atom. The standard InChI is InChI=1S/C15H14ClNO4/c16-12-6-5-8(7-11(12)15(20)21)17-13(18)9-3-1-2-4-10(9)14(17)19/h5-7,9-10H,1-4H2,(H,20,21)/t9-,10-/m0/s1. The number of fused-ring (bicyclic) bond motifs is 1. The van der Waals surface area contributed by atoms with Gasteiger partial charge in [0.15, 0.2) is 0 Å². The Morgan fingerprint density at radius 3 is 2.24 bits per heavy atom. The smallest absolute Gasteiger partial charge is 0.337 e. The molecule has 2 fully saturated rings. The summed E-state index contributed by atoms with van der Waals surface area (Å²) in [5.41, 5.74) is 0.186. The van der Waals surface area contributed by atoms with Crippen LogP contribution >= 0.6 is 11.6 Å². The number of hydrogen-bond donors (Lipinski definition) is 1. The molecule has 110 valence electrons. The van der Waals surface area contributed by atoms with E-state index in [0.29, 0.717) is 5.69 Å². The van der Waals surface area contributed by atoms with Gasteiger partial charge in [0.25, 0.3) is 0 Å². The van der Waals surface area contributed by atoms with Gasteiger partial charge in [0.05, 0.1) is 28.1 Å². The molecule has 1 saturated carbocycles. The summed E-state index contributed by atoms with van der Waals surface area (Å²) in [5.74, 6) is -2.13. The number of nitrogens with zero attached hydrogens (tertiary/aromatic N) is 1. The maximum absolute atomic E-state index is 12.4. The van der Waals surface area contributed by atoms with Crippen LogP contribution in [0.15, 0.2) is 18.2 Å². The van der Waals surface area contributed by atoms with Crippen molar-refractivity contribution >= 4 is 35.1 Å². The summed E-state index contributed by atoms with van der Waals surface area (Å²) >= 11 is 5.82. The van der Waals surface area contributed by atoms with Gasteiger partial charge in [-0.2, -0.15) is 0 Å². The van der Waals surface area contributed by atoms with Crippen LogP contribution in [-0.2, 0) is 9.59 Å². The van der Waals surface area contributed by atoms with Crippen molar-refractivity contribution in [2.75, 3.05) is 4.90 Å². The first-order valence-electron chi connectivity index (χ1n) is 6.91. The highest BCUT2D eigenvalue weighted by atomic mass is 35.5. The molecule has 0 spiro atoms. The van der Waals surface area contributed by atoms with Crippen molar-refractivity contribution < 1.29 is 19.5 Å². The van der Waals surface area contributed by atoms with Gasteiger partial charge in [-0.15, -0.1) is 0 Å². The number of halogens is 1. The number of hydrogen-bond acceptors (Lipinski definition) is 3. The van der Waals surface area contributed by atoms with Crippen LogP contribution in [0, 0.1) is 11.8 Å². The zero-order chi connectivity index (χ0) is 15.1. The molecule has 5 nitrogen and oxygen atoms in total. The molecule has 21 heavy (non-hydrogen) atoms. The molecular weight excluding hydrogens is 294 g/mol. The molecule has 2 amide bonds. The number of imide groups is 1. The van der Waals surface area contributed by atoms with Gasteiger partial charge in [0.1, 0.15) is 0 Å². The number of anilines is 1. The van der Waals surface area contributed by atoms with Gasteiger partial charge < -0.3 is 5.11 Å². The second-order valence-corrected chi connectivity index (χ2v) is 5.89. The van der Waals surface area contributed by atoms with Gasteiger partial charge in [-0.1, -0.05) is 24.4 Å². The summed E-state index contributed by atoms with van der Waals surface area (Å²) in [6, 6.07) is 4.21. The minimum absolute atomic E-state index is 0.0859. The molecule has 3 rings (SSSR count). The van der Waals surface area contributed by atoms with Crippen LogP contribution in [0.4, 0.5) is 5.69 Å². The highest BCUT2D eigenvalue weighted by Gasteiger charge is 2.48. The van der Waals surface area contributed by atoms with Crippen LogP contribution in [0.2, 0.25) is 5.02 Å². The average Bonchev–Trinajstić information content (AvgIpc) is 2.72. The first kappa shape index (κ1) is 14.1. The Hall–Kier alpha value is -1.88. The summed E-state index contributed by atoms with van der Waals surface area (Å²) in [7, 11) is 0. The van der Waals surface area contributed by atoms with Crippen molar-refractivity contribution in [1.82, 2.24) is 0 Å². The molecule has 1 saturated heterocycles. The highest BCUT2D eigenvalue weighted by Crippen LogP contribution is 2.40. The van der Waals surface area contributed by atoms with Gasteiger partial charge in [-0.05, 0) is 31.0 Å². The lowest BCUT2D eigenvalue weighted by Crippen LogP contribution is -2.31. The van der Waals surface area contributed by atoms with Crippen LogP contribution in [0.25, 0.3) is 0 Å². The number of carboxylic acids is 1. The van der Waals surface area contributed by atoms with Crippen molar-refractivity contribution in [2.45, 2.75) is 25.7 Å². The van der Waals surface area contributed by atoms with Crippen molar-refractivity contribution in [2.24, 2.45) is 11.8 Å². The quantitative estimate of drug-likeness (QED) is 0.852. The molecular formula is C15H14ClNO4. The molecule has 0 unspecified atom stereocenters. The fraction of sp³-hybridized carbons (Fsp3) is 0.400. The number of amides is 2. The van der Waals surface area contributed by atoms with E-state index in [1.807, 2.05) is 0 Å². The molecule has 1 aromatic rings. The van der Waals surface area contributed by atoms with Gasteiger partial charge in [0, 0.05) is 0 Å². The van der Waals surface area contributed by atoms with E-state index in [1.165, 1.54) is 18.2 Å². The van der Waals surface area contributed by atoms with Gasteiger partial charge >= 0.3 is 5.97 Å². The fourth-order valence-corrected chi connectivity index (χ4v) is 3.43. The molecule has 1 heterocycles. The summed E-state index contributed by atoms with van der Waals surface area (Å²) in [5, 5.41) is 9.18. The lowest BCUT2D eigenvalue weighted by molar-refractivity contribution is -0.122. The summed E-state index contributed by atoms with van der Waals surface area (Å²) in [4.78, 5) is 37.1. The number of benzene rings is 1. The van der Waals surface area contributed by atoms with Crippen molar-refractivity contribution in [3.63, 3.8) is 0 Å². The minimum Gasteiger partial charge on any atom is -0.478 e. The molecule has 1 aliphatic carbocycles. The van der Waals surface area contributed by atoms with Crippen LogP contribution in [0.5, 0.6) is 0 Å². The SMILES string of the molecule is O=C(O)c1cc(N2C(=O)[C@H]3CCCC[C@@H]3C2=O)ccc1Cl. The normalized spacial score (nSPS) is 25.1. The Kier molecular flexibility index (Phi) is 3.45. The maximum atomic E-state index is 12.4. The monoisotopic (exact) mass is 307 g/mol. The van der Waals surface area contributed by atoms with E-state index >= 15 is 0 Å². The number of aromatic carboxylic acids is 1. The molecule has 0 bridgehead atoms. The van der Waals surface area contributed by atoms with Gasteiger partial charge in [-0.25, -0.2) is 4.79 Å². The minimum atomic E-state index is -1.18. The van der Waals surface area contributed by atoms with Crippen LogP contribution in [0.3, 0.4) is 0 Å². The lowest BCUT2D eigenvalue weighted by Gasteiger charge is -2.19. The lowest BCUT2D eigenvalue weighted by atomic mass is 9.81. The summed E-state index contributed by atoms with van der Waals surface area (Å²) in [6.45, 7) is 0. The zero-order valence-corrected chi connectivity index (χ0v) is 12.0. The molecule has 1 aliphatic heterocycles. The Labute approximate surface area is 126 Å². The van der Waals surface area contributed by atoms with E-state index in [-0.39, 0.29) is 34.2 Å². The number of rotatable bonds is 2. The van der Waals surface area contributed by atoms with E-state index in [0.717, 1.165) is 30.6 Å². The molecule has 0 aromatic heterocycles. The highest BCUT2D eigenvalue weighted by molar-refractivity contribution is 6.34. The van der Waals surface area contributed by atoms with E-state index in [2.05, 4.69) is 0 Å². The average molecular weight is 308 g/mol. The Morgan fingerprint density at radius 2 is 1.71 bits per heavy atom.